The molecule has 2 aromatic carbocycles. The van der Waals surface area contributed by atoms with Gasteiger partial charge in [0.15, 0.2) is 0 Å². The fraction of sp³-hybridized carbons (Fsp3) is 0.350. The quantitative estimate of drug-likeness (QED) is 0.925. The Balaban J connectivity index is 1.85. The molecule has 3 rings (SSSR count). The number of ether oxygens (including phenoxy) is 1. The third-order valence-electron chi connectivity index (χ3n) is 4.44. The minimum absolute atomic E-state index is 0.0988. The fourth-order valence-electron chi connectivity index (χ4n) is 3.27. The summed E-state index contributed by atoms with van der Waals surface area (Å²) in [5.41, 5.74) is 1.63. The van der Waals surface area contributed by atoms with Crippen LogP contribution in [0.4, 0.5) is 4.39 Å². The number of benzene rings is 2. The molecular formula is C20H23FN2O2. The van der Waals surface area contributed by atoms with Crippen molar-refractivity contribution in [1.29, 1.82) is 0 Å². The average Bonchev–Trinajstić information content (AvgIpc) is 2.78. The normalized spacial score (nSPS) is 18.0. The summed E-state index contributed by atoms with van der Waals surface area (Å²) < 4.78 is 19.4. The highest BCUT2D eigenvalue weighted by atomic mass is 19.1. The molecule has 1 aliphatic rings. The van der Waals surface area contributed by atoms with E-state index in [1.165, 1.54) is 12.1 Å². The molecule has 0 aromatic heterocycles. The molecule has 2 aromatic rings. The summed E-state index contributed by atoms with van der Waals surface area (Å²) >= 11 is 0. The highest BCUT2D eigenvalue weighted by Crippen LogP contribution is 2.33. The van der Waals surface area contributed by atoms with E-state index in [9.17, 15) is 9.18 Å². The minimum Gasteiger partial charge on any atom is -0.493 e. The average molecular weight is 342 g/mol. The third-order valence-corrected chi connectivity index (χ3v) is 4.44. The number of carbonyl (C=O) groups excluding carboxylic acids is 1. The van der Waals surface area contributed by atoms with Crippen LogP contribution in [-0.4, -0.2) is 31.5 Å². The van der Waals surface area contributed by atoms with Crippen LogP contribution in [0, 0.1) is 5.82 Å². The Morgan fingerprint density at radius 2 is 2.00 bits per heavy atom. The third kappa shape index (κ3) is 3.99. The topological polar surface area (TPSA) is 41.6 Å². The van der Waals surface area contributed by atoms with E-state index < -0.39 is 6.04 Å². The van der Waals surface area contributed by atoms with Crippen LogP contribution in [0.5, 0.6) is 5.75 Å². The second-order valence-corrected chi connectivity index (χ2v) is 6.51. The second kappa shape index (κ2) is 7.66. The maximum absolute atomic E-state index is 13.7. The van der Waals surface area contributed by atoms with Crippen LogP contribution in [0.2, 0.25) is 0 Å². The number of likely N-dealkylation sites (N-methyl/N-ethyl adjacent to an activating group) is 1. The van der Waals surface area contributed by atoms with E-state index in [2.05, 4.69) is 5.32 Å². The summed E-state index contributed by atoms with van der Waals surface area (Å²) in [6.45, 7) is 0.570. The molecule has 25 heavy (non-hydrogen) atoms. The first-order valence-electron chi connectivity index (χ1n) is 8.50. The van der Waals surface area contributed by atoms with Crippen molar-refractivity contribution >= 4 is 5.91 Å². The number of hydrogen-bond donors (Lipinski definition) is 1. The van der Waals surface area contributed by atoms with Crippen molar-refractivity contribution in [2.75, 3.05) is 20.7 Å². The molecule has 0 fully saturated rings. The van der Waals surface area contributed by atoms with E-state index in [0.717, 1.165) is 18.4 Å². The molecule has 0 radical (unpaired) electrons. The molecule has 1 amide bonds. The summed E-state index contributed by atoms with van der Waals surface area (Å²) in [6.07, 6.45) is 1.52. The molecule has 5 heteroatoms. The van der Waals surface area contributed by atoms with E-state index in [1.54, 1.807) is 6.07 Å². The molecule has 1 aliphatic heterocycles. The number of halogens is 1. The number of hydrogen-bond acceptors (Lipinski definition) is 3. The zero-order valence-electron chi connectivity index (χ0n) is 14.5. The number of rotatable bonds is 4. The monoisotopic (exact) mass is 342 g/mol. The second-order valence-electron chi connectivity index (χ2n) is 6.51. The van der Waals surface area contributed by atoms with Gasteiger partial charge in [-0.15, -0.1) is 0 Å². The van der Waals surface area contributed by atoms with Crippen LogP contribution >= 0.6 is 0 Å². The van der Waals surface area contributed by atoms with E-state index in [0.29, 0.717) is 17.9 Å². The molecule has 0 bridgehead atoms. The van der Waals surface area contributed by atoms with Crippen LogP contribution in [0.1, 0.15) is 36.1 Å². The first-order valence-corrected chi connectivity index (χ1v) is 8.50. The van der Waals surface area contributed by atoms with Gasteiger partial charge < -0.3 is 10.1 Å². The summed E-state index contributed by atoms with van der Waals surface area (Å²) in [6, 6.07) is 13.5. The van der Waals surface area contributed by atoms with Crippen LogP contribution in [0.3, 0.4) is 0 Å². The maximum atomic E-state index is 13.7. The highest BCUT2D eigenvalue weighted by molar-refractivity contribution is 5.83. The van der Waals surface area contributed by atoms with E-state index in [-0.39, 0.29) is 17.8 Å². The number of fused-ring (bicyclic) bond motifs is 1. The molecule has 0 spiro atoms. The Bertz CT molecular complexity index is 734. The summed E-state index contributed by atoms with van der Waals surface area (Å²) in [7, 11) is 3.75. The lowest BCUT2D eigenvalue weighted by molar-refractivity contribution is -0.126. The van der Waals surface area contributed by atoms with Crippen molar-refractivity contribution in [2.45, 2.75) is 24.9 Å². The van der Waals surface area contributed by atoms with Crippen molar-refractivity contribution in [3.8, 4) is 5.75 Å². The predicted molar refractivity (Wildman–Crippen MR) is 94.9 cm³/mol. The van der Waals surface area contributed by atoms with Gasteiger partial charge in [-0.1, -0.05) is 30.3 Å². The highest BCUT2D eigenvalue weighted by Gasteiger charge is 2.28. The van der Waals surface area contributed by atoms with Crippen molar-refractivity contribution in [3.05, 3.63) is 65.5 Å². The van der Waals surface area contributed by atoms with E-state index in [4.69, 9.17) is 4.74 Å². The van der Waals surface area contributed by atoms with Gasteiger partial charge in [-0.2, -0.15) is 0 Å². The van der Waals surface area contributed by atoms with E-state index >= 15 is 0 Å². The molecule has 1 heterocycles. The van der Waals surface area contributed by atoms with E-state index in [1.807, 2.05) is 49.3 Å². The Kier molecular flexibility index (Phi) is 5.34. The molecule has 2 unspecified atom stereocenters. The standard InChI is InChI=1S/C20H23FN2O2/c1-23(2)19(14-7-4-3-5-8-14)20(24)22-17-9-6-12-25-18-11-10-15(21)13-16(17)18/h3-5,7-8,10-11,13,17,19H,6,9,12H2,1-2H3,(H,22,24). The molecule has 0 aliphatic carbocycles. The Labute approximate surface area is 147 Å². The molecule has 1 N–H and O–H groups in total. The molecule has 0 saturated heterocycles. The Morgan fingerprint density at radius 3 is 2.72 bits per heavy atom. The Hall–Kier alpha value is -2.40. The molecule has 0 saturated carbocycles. The lowest BCUT2D eigenvalue weighted by Crippen LogP contribution is -2.39. The van der Waals surface area contributed by atoms with Crippen LogP contribution in [-0.2, 0) is 4.79 Å². The largest absolute Gasteiger partial charge is 0.493 e. The van der Waals surface area contributed by atoms with Gasteiger partial charge in [0, 0.05) is 5.56 Å². The molecule has 2 atom stereocenters. The molecular weight excluding hydrogens is 319 g/mol. The Morgan fingerprint density at radius 1 is 1.24 bits per heavy atom. The smallest absolute Gasteiger partial charge is 0.242 e. The zero-order valence-corrected chi connectivity index (χ0v) is 14.5. The van der Waals surface area contributed by atoms with Gasteiger partial charge in [0.2, 0.25) is 5.91 Å². The van der Waals surface area contributed by atoms with Gasteiger partial charge in [0.05, 0.1) is 12.6 Å². The van der Waals surface area contributed by atoms with Crippen molar-refractivity contribution < 1.29 is 13.9 Å². The summed E-state index contributed by atoms with van der Waals surface area (Å²) in [5, 5.41) is 3.09. The van der Waals surface area contributed by atoms with Gasteiger partial charge >= 0.3 is 0 Å². The van der Waals surface area contributed by atoms with Crippen LogP contribution in [0.15, 0.2) is 48.5 Å². The maximum Gasteiger partial charge on any atom is 0.242 e. The first kappa shape index (κ1) is 17.4. The number of nitrogens with zero attached hydrogens (tertiary/aromatic N) is 1. The van der Waals surface area contributed by atoms with Gasteiger partial charge in [0.25, 0.3) is 0 Å². The predicted octanol–water partition coefficient (Wildman–Crippen LogP) is 3.46. The fourth-order valence-corrected chi connectivity index (χ4v) is 3.27. The lowest BCUT2D eigenvalue weighted by Gasteiger charge is -2.27. The van der Waals surface area contributed by atoms with Gasteiger partial charge in [-0.3, -0.25) is 9.69 Å². The minimum atomic E-state index is -0.401. The lowest BCUT2D eigenvalue weighted by atomic mass is 9.99. The SMILES string of the molecule is CN(C)C(C(=O)NC1CCCOc2ccc(F)cc21)c1ccccc1. The van der Waals surface area contributed by atoms with Crippen LogP contribution in [0.25, 0.3) is 0 Å². The number of amides is 1. The number of nitrogens with one attached hydrogen (secondary N) is 1. The van der Waals surface area contributed by atoms with Gasteiger partial charge in [0.1, 0.15) is 17.6 Å². The van der Waals surface area contributed by atoms with Crippen molar-refractivity contribution in [2.24, 2.45) is 0 Å². The summed E-state index contributed by atoms with van der Waals surface area (Å²) in [5.74, 6) is 0.222. The first-order chi connectivity index (χ1) is 12.1. The zero-order chi connectivity index (χ0) is 17.8. The van der Waals surface area contributed by atoms with Crippen molar-refractivity contribution in [3.63, 3.8) is 0 Å². The molecule has 4 nitrogen and oxygen atoms in total. The number of carbonyl (C=O) groups is 1. The van der Waals surface area contributed by atoms with Crippen molar-refractivity contribution in [1.82, 2.24) is 10.2 Å². The van der Waals surface area contributed by atoms with Gasteiger partial charge in [-0.05, 0) is 50.7 Å². The molecule has 132 valence electrons. The van der Waals surface area contributed by atoms with Crippen LogP contribution < -0.4 is 10.1 Å². The summed E-state index contributed by atoms with van der Waals surface area (Å²) in [4.78, 5) is 14.9. The van der Waals surface area contributed by atoms with Gasteiger partial charge in [-0.25, -0.2) is 4.39 Å².